The molecule has 0 aliphatic rings. The quantitative estimate of drug-likeness (QED) is 0.670. The first kappa shape index (κ1) is 15.5. The van der Waals surface area contributed by atoms with Crippen LogP contribution in [0.25, 0.3) is 0 Å². The molecule has 0 spiro atoms. The molecule has 0 radical (unpaired) electrons. The molecule has 0 bridgehead atoms. The predicted octanol–water partition coefficient (Wildman–Crippen LogP) is 1.96. The molecule has 1 aromatic rings. The maximum Gasteiger partial charge on any atom is 0.233 e. The minimum atomic E-state index is 0.0417. The number of amides is 1. The van der Waals surface area contributed by atoms with E-state index in [0.717, 1.165) is 18.6 Å². The van der Waals surface area contributed by atoms with Gasteiger partial charge in [0.25, 0.3) is 0 Å². The Labute approximate surface area is 115 Å². The zero-order valence-corrected chi connectivity index (χ0v) is 11.8. The summed E-state index contributed by atoms with van der Waals surface area (Å²) in [6, 6.07) is 10.1. The van der Waals surface area contributed by atoms with Crippen LogP contribution >= 0.6 is 0 Å². The standard InChI is InChI=1S/C15H24N2O2/c1-3-13(2)17-12-15(18)16-10-7-11-19-14-8-5-4-6-9-14/h4-6,8-9,13,17H,3,7,10-12H2,1-2H3,(H,16,18). The molecule has 106 valence electrons. The van der Waals surface area contributed by atoms with Crippen LogP contribution in [0.4, 0.5) is 0 Å². The number of ether oxygens (including phenoxy) is 1. The lowest BCUT2D eigenvalue weighted by Gasteiger charge is -2.11. The van der Waals surface area contributed by atoms with E-state index >= 15 is 0 Å². The zero-order chi connectivity index (χ0) is 13.9. The number of hydrogen-bond acceptors (Lipinski definition) is 3. The van der Waals surface area contributed by atoms with Crippen molar-refractivity contribution in [1.29, 1.82) is 0 Å². The van der Waals surface area contributed by atoms with Crippen molar-refractivity contribution in [2.24, 2.45) is 0 Å². The molecular formula is C15H24N2O2. The lowest BCUT2D eigenvalue weighted by Crippen LogP contribution is -2.38. The first-order valence-corrected chi connectivity index (χ1v) is 6.90. The van der Waals surface area contributed by atoms with Gasteiger partial charge in [0.15, 0.2) is 0 Å². The maximum atomic E-state index is 11.5. The Bertz CT molecular complexity index is 354. The normalized spacial score (nSPS) is 11.9. The Morgan fingerprint density at radius 2 is 2.05 bits per heavy atom. The van der Waals surface area contributed by atoms with E-state index in [1.165, 1.54) is 0 Å². The minimum Gasteiger partial charge on any atom is -0.494 e. The first-order chi connectivity index (χ1) is 9.22. The molecule has 4 nitrogen and oxygen atoms in total. The summed E-state index contributed by atoms with van der Waals surface area (Å²) in [5.74, 6) is 0.910. The molecule has 0 saturated heterocycles. The van der Waals surface area contributed by atoms with Crippen molar-refractivity contribution >= 4 is 5.91 Å². The van der Waals surface area contributed by atoms with Crippen molar-refractivity contribution in [1.82, 2.24) is 10.6 Å². The first-order valence-electron chi connectivity index (χ1n) is 6.90. The predicted molar refractivity (Wildman–Crippen MR) is 77.3 cm³/mol. The number of carbonyl (C=O) groups is 1. The summed E-state index contributed by atoms with van der Waals surface area (Å²) >= 11 is 0. The molecule has 0 saturated carbocycles. The Balaban J connectivity index is 2.00. The second-order valence-corrected chi connectivity index (χ2v) is 4.56. The summed E-state index contributed by atoms with van der Waals surface area (Å²) in [7, 11) is 0. The van der Waals surface area contributed by atoms with Gasteiger partial charge in [-0.3, -0.25) is 4.79 Å². The molecule has 0 heterocycles. The zero-order valence-electron chi connectivity index (χ0n) is 11.8. The molecule has 0 aliphatic heterocycles. The van der Waals surface area contributed by atoms with Crippen LogP contribution < -0.4 is 15.4 Å². The van der Waals surface area contributed by atoms with E-state index in [2.05, 4.69) is 24.5 Å². The highest BCUT2D eigenvalue weighted by Gasteiger charge is 2.02. The summed E-state index contributed by atoms with van der Waals surface area (Å²) < 4.78 is 5.54. The lowest BCUT2D eigenvalue weighted by molar-refractivity contribution is -0.120. The van der Waals surface area contributed by atoms with Crippen LogP contribution in [0, 0.1) is 0 Å². The van der Waals surface area contributed by atoms with Crippen molar-refractivity contribution in [3.05, 3.63) is 30.3 Å². The smallest absolute Gasteiger partial charge is 0.233 e. The molecular weight excluding hydrogens is 240 g/mol. The summed E-state index contributed by atoms with van der Waals surface area (Å²) in [5, 5.41) is 6.02. The second-order valence-electron chi connectivity index (χ2n) is 4.56. The van der Waals surface area contributed by atoms with Crippen LogP contribution in [0.1, 0.15) is 26.7 Å². The number of benzene rings is 1. The number of nitrogens with one attached hydrogen (secondary N) is 2. The fraction of sp³-hybridized carbons (Fsp3) is 0.533. The molecule has 19 heavy (non-hydrogen) atoms. The van der Waals surface area contributed by atoms with Gasteiger partial charge >= 0.3 is 0 Å². The van der Waals surface area contributed by atoms with Crippen LogP contribution in [0.2, 0.25) is 0 Å². The second kappa shape index (κ2) is 9.39. The summed E-state index contributed by atoms with van der Waals surface area (Å²) in [5.41, 5.74) is 0. The highest BCUT2D eigenvalue weighted by molar-refractivity contribution is 5.77. The van der Waals surface area contributed by atoms with Crippen LogP contribution in [-0.2, 0) is 4.79 Å². The van der Waals surface area contributed by atoms with Crippen LogP contribution in [0.15, 0.2) is 30.3 Å². The van der Waals surface area contributed by atoms with Gasteiger partial charge < -0.3 is 15.4 Å². The molecule has 0 aliphatic carbocycles. The van der Waals surface area contributed by atoms with Crippen molar-refractivity contribution in [2.75, 3.05) is 19.7 Å². The highest BCUT2D eigenvalue weighted by Crippen LogP contribution is 2.07. The average molecular weight is 264 g/mol. The third-order valence-electron chi connectivity index (χ3n) is 2.88. The van der Waals surface area contributed by atoms with Crippen LogP contribution in [0.5, 0.6) is 5.75 Å². The fourth-order valence-electron chi connectivity index (χ4n) is 1.48. The molecule has 4 heteroatoms. The summed E-state index contributed by atoms with van der Waals surface area (Å²) in [6.07, 6.45) is 1.84. The number of hydrogen-bond donors (Lipinski definition) is 2. The van der Waals surface area contributed by atoms with E-state index in [1.807, 2.05) is 30.3 Å². The Hall–Kier alpha value is -1.55. The van der Waals surface area contributed by atoms with Gasteiger partial charge in [-0.05, 0) is 31.9 Å². The van der Waals surface area contributed by atoms with Gasteiger partial charge in [-0.2, -0.15) is 0 Å². The topological polar surface area (TPSA) is 50.4 Å². The summed E-state index contributed by atoms with van der Waals surface area (Å²) in [6.45, 7) is 5.81. The van der Waals surface area contributed by atoms with Crippen LogP contribution in [-0.4, -0.2) is 31.6 Å². The lowest BCUT2D eigenvalue weighted by atomic mass is 10.2. The van der Waals surface area contributed by atoms with Gasteiger partial charge in [0.1, 0.15) is 5.75 Å². The molecule has 2 N–H and O–H groups in total. The third-order valence-corrected chi connectivity index (χ3v) is 2.88. The largest absolute Gasteiger partial charge is 0.494 e. The van der Waals surface area contributed by atoms with E-state index in [0.29, 0.717) is 25.7 Å². The van der Waals surface area contributed by atoms with Crippen molar-refractivity contribution in [3.8, 4) is 5.75 Å². The highest BCUT2D eigenvalue weighted by atomic mass is 16.5. The van der Waals surface area contributed by atoms with E-state index in [9.17, 15) is 4.79 Å². The molecule has 1 rings (SSSR count). The van der Waals surface area contributed by atoms with E-state index in [-0.39, 0.29) is 5.91 Å². The Kier molecular flexibility index (Phi) is 7.66. The van der Waals surface area contributed by atoms with E-state index in [4.69, 9.17) is 4.74 Å². The number of rotatable bonds is 9. The minimum absolute atomic E-state index is 0.0417. The van der Waals surface area contributed by atoms with E-state index in [1.54, 1.807) is 0 Å². The molecule has 1 unspecified atom stereocenters. The Morgan fingerprint density at radius 3 is 2.74 bits per heavy atom. The Morgan fingerprint density at radius 1 is 1.32 bits per heavy atom. The monoisotopic (exact) mass is 264 g/mol. The van der Waals surface area contributed by atoms with Crippen molar-refractivity contribution < 1.29 is 9.53 Å². The van der Waals surface area contributed by atoms with Gasteiger partial charge in [-0.1, -0.05) is 25.1 Å². The molecule has 0 fully saturated rings. The van der Waals surface area contributed by atoms with Gasteiger partial charge in [0.05, 0.1) is 13.2 Å². The van der Waals surface area contributed by atoms with Crippen molar-refractivity contribution in [3.63, 3.8) is 0 Å². The van der Waals surface area contributed by atoms with Gasteiger partial charge in [-0.25, -0.2) is 0 Å². The average Bonchev–Trinajstić information content (AvgIpc) is 2.45. The van der Waals surface area contributed by atoms with Gasteiger partial charge in [0.2, 0.25) is 5.91 Å². The molecule has 1 atom stereocenters. The maximum absolute atomic E-state index is 11.5. The SMILES string of the molecule is CCC(C)NCC(=O)NCCCOc1ccccc1. The van der Waals surface area contributed by atoms with Crippen LogP contribution in [0.3, 0.4) is 0 Å². The summed E-state index contributed by atoms with van der Waals surface area (Å²) in [4.78, 5) is 11.5. The number of para-hydroxylation sites is 1. The molecule has 1 aromatic carbocycles. The van der Waals surface area contributed by atoms with Gasteiger partial charge in [0, 0.05) is 12.6 Å². The molecule has 1 amide bonds. The van der Waals surface area contributed by atoms with Gasteiger partial charge in [-0.15, -0.1) is 0 Å². The third kappa shape index (κ3) is 7.47. The number of carbonyl (C=O) groups excluding carboxylic acids is 1. The molecule has 0 aromatic heterocycles. The van der Waals surface area contributed by atoms with Crippen molar-refractivity contribution in [2.45, 2.75) is 32.7 Å². The van der Waals surface area contributed by atoms with E-state index < -0.39 is 0 Å². The fourth-order valence-corrected chi connectivity index (χ4v) is 1.48.